The summed E-state index contributed by atoms with van der Waals surface area (Å²) >= 11 is 0. The number of aliphatic carboxylic acids is 1. The van der Waals surface area contributed by atoms with Crippen LogP contribution >= 0.6 is 0 Å². The molecule has 4 rings (SSSR count). The topological polar surface area (TPSA) is 82.1 Å². The second kappa shape index (κ2) is 10.0. The lowest BCUT2D eigenvalue weighted by Crippen LogP contribution is -2.45. The van der Waals surface area contributed by atoms with Gasteiger partial charge in [-0.1, -0.05) is 0 Å². The molecule has 0 saturated carbocycles. The van der Waals surface area contributed by atoms with Crippen molar-refractivity contribution in [3.63, 3.8) is 0 Å². The Morgan fingerprint density at radius 1 is 0.649 bits per heavy atom. The maximum Gasteiger partial charge on any atom is 0.349 e. The summed E-state index contributed by atoms with van der Waals surface area (Å²) in [4.78, 5) is 23.2. The monoisotopic (exact) mass is 510 g/mol. The molecule has 1 N–H and O–H groups in total. The number of hydrogen-bond acceptors (Lipinski definition) is 5. The predicted molar refractivity (Wildman–Crippen MR) is 145 cm³/mol. The Morgan fingerprint density at radius 2 is 1.00 bits per heavy atom. The fourth-order valence-corrected chi connectivity index (χ4v) is 5.38. The van der Waals surface area contributed by atoms with Crippen molar-refractivity contribution in [2.24, 2.45) is 0 Å². The average Bonchev–Trinajstić information content (AvgIpc) is 2.87. The van der Waals surface area contributed by atoms with Crippen LogP contribution in [0.3, 0.4) is 0 Å². The van der Waals surface area contributed by atoms with Crippen LogP contribution in [0.4, 0.5) is 0 Å². The first-order valence-electron chi connectivity index (χ1n) is 13.0. The van der Waals surface area contributed by atoms with Crippen molar-refractivity contribution < 1.29 is 28.9 Å². The predicted octanol–water partition coefficient (Wildman–Crippen LogP) is 6.27. The van der Waals surface area contributed by atoms with Gasteiger partial charge in [-0.2, -0.15) is 0 Å². The van der Waals surface area contributed by atoms with E-state index in [-0.39, 0.29) is 5.97 Å². The van der Waals surface area contributed by atoms with E-state index in [1.807, 2.05) is 13.8 Å². The molecule has 0 fully saturated rings. The molecular formula is C31H42O6. The van der Waals surface area contributed by atoms with E-state index < -0.39 is 17.2 Å². The smallest absolute Gasteiger partial charge is 0.349 e. The van der Waals surface area contributed by atoms with Crippen LogP contribution in [0.5, 0.6) is 11.5 Å². The van der Waals surface area contributed by atoms with Crippen LogP contribution in [0.15, 0.2) is 0 Å². The third-order valence-corrected chi connectivity index (χ3v) is 8.94. The van der Waals surface area contributed by atoms with E-state index in [0.717, 1.165) is 35.5 Å². The van der Waals surface area contributed by atoms with Gasteiger partial charge in [-0.3, -0.25) is 0 Å². The van der Waals surface area contributed by atoms with Crippen molar-refractivity contribution in [3.8, 4) is 11.5 Å². The maximum atomic E-state index is 11.9. The Bertz CT molecular complexity index is 1270. The van der Waals surface area contributed by atoms with Gasteiger partial charge in [0.15, 0.2) is 0 Å². The molecule has 2 aromatic carbocycles. The standard InChI is InChI=1S/C16H22O3.C15H20O3/c1-9-10(2)12(4)14-13(11(9)3)7-8-16(5,19-14)15(17)18-6;1-8-9(2)11(4)13-12(10(8)3)6-7-15(5,18-13)14(16)17/h7-8H2,1-6H3;6-7H2,1-5H3,(H,16,17). The molecule has 0 radical (unpaired) electrons. The first kappa shape index (κ1) is 28.5. The summed E-state index contributed by atoms with van der Waals surface area (Å²) in [5.41, 5.74) is 10.2. The van der Waals surface area contributed by atoms with Gasteiger partial charge in [0.2, 0.25) is 11.2 Å². The highest BCUT2D eigenvalue weighted by Crippen LogP contribution is 2.42. The second-order valence-corrected chi connectivity index (χ2v) is 11.1. The van der Waals surface area contributed by atoms with E-state index in [9.17, 15) is 14.7 Å². The zero-order valence-electron chi connectivity index (χ0n) is 24.3. The minimum atomic E-state index is -1.09. The summed E-state index contributed by atoms with van der Waals surface area (Å²) < 4.78 is 16.7. The van der Waals surface area contributed by atoms with E-state index >= 15 is 0 Å². The van der Waals surface area contributed by atoms with Crippen molar-refractivity contribution >= 4 is 11.9 Å². The first-order valence-corrected chi connectivity index (χ1v) is 13.0. The summed E-state index contributed by atoms with van der Waals surface area (Å²) in [6.45, 7) is 20.2. The Kier molecular flexibility index (Phi) is 7.74. The zero-order valence-corrected chi connectivity index (χ0v) is 24.3. The molecule has 0 bridgehead atoms. The largest absolute Gasteiger partial charge is 0.478 e. The summed E-state index contributed by atoms with van der Waals surface area (Å²) in [7, 11) is 1.41. The first-order chi connectivity index (χ1) is 17.1. The molecule has 0 aliphatic carbocycles. The molecule has 2 aromatic rings. The summed E-state index contributed by atoms with van der Waals surface area (Å²) in [6.07, 6.45) is 2.81. The number of methoxy groups -OCH3 is 1. The van der Waals surface area contributed by atoms with E-state index in [1.165, 1.54) is 51.6 Å². The van der Waals surface area contributed by atoms with Crippen LogP contribution in [-0.4, -0.2) is 35.4 Å². The van der Waals surface area contributed by atoms with E-state index in [0.29, 0.717) is 12.8 Å². The van der Waals surface area contributed by atoms with Gasteiger partial charge in [0.1, 0.15) is 11.5 Å². The fourth-order valence-electron chi connectivity index (χ4n) is 5.38. The normalized spacial score (nSPS) is 21.9. The molecule has 2 unspecified atom stereocenters. The summed E-state index contributed by atoms with van der Waals surface area (Å²) in [6, 6.07) is 0. The van der Waals surface area contributed by atoms with E-state index in [2.05, 4.69) is 48.5 Å². The lowest BCUT2D eigenvalue weighted by molar-refractivity contribution is -0.159. The van der Waals surface area contributed by atoms with Crippen molar-refractivity contribution in [3.05, 3.63) is 55.6 Å². The molecule has 2 atom stereocenters. The summed E-state index contributed by atoms with van der Waals surface area (Å²) in [5.74, 6) is 0.475. The van der Waals surface area contributed by atoms with Crippen LogP contribution in [0.1, 0.15) is 82.3 Å². The maximum absolute atomic E-state index is 11.9. The quantitative estimate of drug-likeness (QED) is 0.480. The van der Waals surface area contributed by atoms with Gasteiger partial charge in [0, 0.05) is 12.8 Å². The van der Waals surface area contributed by atoms with Gasteiger partial charge in [0.05, 0.1) is 7.11 Å². The number of fused-ring (bicyclic) bond motifs is 2. The molecule has 2 aliphatic heterocycles. The van der Waals surface area contributed by atoms with E-state index in [4.69, 9.17) is 14.2 Å². The van der Waals surface area contributed by atoms with Crippen molar-refractivity contribution in [2.75, 3.05) is 7.11 Å². The van der Waals surface area contributed by atoms with Gasteiger partial charge < -0.3 is 19.3 Å². The number of benzene rings is 2. The Balaban J connectivity index is 0.000000206. The highest BCUT2D eigenvalue weighted by atomic mass is 16.6. The third-order valence-electron chi connectivity index (χ3n) is 8.94. The van der Waals surface area contributed by atoms with Crippen LogP contribution in [0.2, 0.25) is 0 Å². The van der Waals surface area contributed by atoms with Crippen LogP contribution in [-0.2, 0) is 27.2 Å². The summed E-state index contributed by atoms with van der Waals surface area (Å²) in [5, 5.41) is 9.28. The number of carbonyl (C=O) groups excluding carboxylic acids is 1. The van der Waals surface area contributed by atoms with Gasteiger partial charge in [-0.15, -0.1) is 0 Å². The number of hydrogen-bond donors (Lipinski definition) is 1. The average molecular weight is 511 g/mol. The van der Waals surface area contributed by atoms with Crippen molar-refractivity contribution in [1.29, 1.82) is 0 Å². The molecule has 37 heavy (non-hydrogen) atoms. The van der Waals surface area contributed by atoms with Crippen molar-refractivity contribution in [2.45, 2.75) is 106 Å². The van der Waals surface area contributed by atoms with Gasteiger partial charge in [-0.05, 0) is 138 Å². The number of carboxylic acid groups (broad SMARTS) is 1. The van der Waals surface area contributed by atoms with Gasteiger partial charge in [-0.25, -0.2) is 9.59 Å². The number of carbonyl (C=O) groups is 2. The number of carboxylic acids is 1. The minimum Gasteiger partial charge on any atom is -0.478 e. The molecule has 6 nitrogen and oxygen atoms in total. The van der Waals surface area contributed by atoms with Crippen LogP contribution in [0, 0.1) is 55.4 Å². The van der Waals surface area contributed by atoms with Gasteiger partial charge in [0.25, 0.3) is 0 Å². The molecule has 6 heteroatoms. The zero-order chi connectivity index (χ0) is 28.0. The molecule has 0 saturated heterocycles. The molecule has 2 heterocycles. The molecular weight excluding hydrogens is 468 g/mol. The molecule has 202 valence electrons. The Hall–Kier alpha value is -3.02. The molecule has 2 aliphatic rings. The molecule has 0 aromatic heterocycles. The molecule has 0 spiro atoms. The fraction of sp³-hybridized carbons (Fsp3) is 0.548. The minimum absolute atomic E-state index is 0.298. The third kappa shape index (κ3) is 4.83. The van der Waals surface area contributed by atoms with Gasteiger partial charge >= 0.3 is 11.9 Å². The lowest BCUT2D eigenvalue weighted by atomic mass is 9.85. The highest BCUT2D eigenvalue weighted by Gasteiger charge is 2.42. The lowest BCUT2D eigenvalue weighted by Gasteiger charge is -2.35. The molecule has 0 amide bonds. The second-order valence-electron chi connectivity index (χ2n) is 11.1. The number of ether oxygens (including phenoxy) is 3. The van der Waals surface area contributed by atoms with E-state index in [1.54, 1.807) is 6.92 Å². The Labute approximate surface area is 221 Å². The van der Waals surface area contributed by atoms with Crippen molar-refractivity contribution in [1.82, 2.24) is 0 Å². The SMILES string of the molecule is COC(=O)C1(C)CCc2c(C)c(C)c(C)c(C)c2O1.Cc1c(C)c(C)c2c(c1C)CCC(C)(C(=O)O)O2. The number of rotatable bonds is 2. The van der Waals surface area contributed by atoms with Crippen LogP contribution in [0.25, 0.3) is 0 Å². The van der Waals surface area contributed by atoms with Crippen LogP contribution < -0.4 is 9.47 Å². The highest BCUT2D eigenvalue weighted by molar-refractivity contribution is 5.80. The Morgan fingerprint density at radius 3 is 1.38 bits per heavy atom. The number of esters is 1.